The molecule has 1 aliphatic carbocycles. The predicted molar refractivity (Wildman–Crippen MR) is 80.6 cm³/mol. The number of oxime groups is 1. The summed E-state index contributed by atoms with van der Waals surface area (Å²) >= 11 is 0. The zero-order valence-electron chi connectivity index (χ0n) is 12.3. The quantitative estimate of drug-likeness (QED) is 0.303. The maximum absolute atomic E-state index is 9.21. The van der Waals surface area contributed by atoms with Crippen LogP contribution in [0.2, 0.25) is 0 Å². The number of ether oxygens (including phenoxy) is 1. The van der Waals surface area contributed by atoms with Crippen molar-refractivity contribution in [3.8, 4) is 5.75 Å². The monoisotopic (exact) mass is 293 g/mol. The van der Waals surface area contributed by atoms with Crippen LogP contribution in [0, 0.1) is 0 Å². The molecule has 0 radical (unpaired) electrons. The number of aliphatic hydroxyl groups is 1. The summed E-state index contributed by atoms with van der Waals surface area (Å²) in [6, 6.07) is 6.20. The van der Waals surface area contributed by atoms with Gasteiger partial charge in [0, 0.05) is 19.1 Å². The Morgan fingerprint density at radius 3 is 2.76 bits per heavy atom. The zero-order valence-corrected chi connectivity index (χ0v) is 12.3. The number of amidine groups is 1. The van der Waals surface area contributed by atoms with E-state index in [9.17, 15) is 5.11 Å². The second kappa shape index (κ2) is 7.28. The molecule has 116 valence electrons. The molecule has 0 bridgehead atoms. The average Bonchev–Trinajstić information content (AvgIpc) is 2.44. The standard InChI is InChI=1S/C15H23N3O3/c1-21-14-9-11(5-6-13(14)15(16)17-20)10-18(7-8-19)12-3-2-4-12/h5-6,9,12,19-20H,2-4,7-8,10H2,1H3,(H2,16,17). The van der Waals surface area contributed by atoms with E-state index >= 15 is 0 Å². The van der Waals surface area contributed by atoms with Crippen LogP contribution in [0.5, 0.6) is 5.75 Å². The highest BCUT2D eigenvalue weighted by Gasteiger charge is 2.24. The molecule has 0 aromatic heterocycles. The molecule has 2 rings (SSSR count). The molecule has 0 unspecified atom stereocenters. The van der Waals surface area contributed by atoms with E-state index in [0.717, 1.165) is 12.1 Å². The van der Waals surface area contributed by atoms with Gasteiger partial charge in [-0.15, -0.1) is 0 Å². The van der Waals surface area contributed by atoms with Gasteiger partial charge in [-0.1, -0.05) is 17.6 Å². The van der Waals surface area contributed by atoms with Gasteiger partial charge < -0.3 is 20.8 Å². The summed E-state index contributed by atoms with van der Waals surface area (Å²) in [5, 5.41) is 21.0. The number of hydrogen-bond acceptors (Lipinski definition) is 5. The number of benzene rings is 1. The Kier molecular flexibility index (Phi) is 5.41. The summed E-state index contributed by atoms with van der Waals surface area (Å²) in [7, 11) is 1.56. The molecule has 0 saturated heterocycles. The molecule has 1 fully saturated rings. The van der Waals surface area contributed by atoms with Crippen molar-refractivity contribution in [3.05, 3.63) is 29.3 Å². The zero-order chi connectivity index (χ0) is 15.2. The molecule has 1 aromatic rings. The van der Waals surface area contributed by atoms with Crippen molar-refractivity contribution in [2.45, 2.75) is 31.8 Å². The van der Waals surface area contributed by atoms with Gasteiger partial charge in [0.05, 0.1) is 19.3 Å². The van der Waals surface area contributed by atoms with Crippen LogP contribution >= 0.6 is 0 Å². The van der Waals surface area contributed by atoms with Gasteiger partial charge in [0.15, 0.2) is 5.84 Å². The lowest BCUT2D eigenvalue weighted by molar-refractivity contribution is 0.0945. The Morgan fingerprint density at radius 2 is 2.24 bits per heavy atom. The molecule has 0 amide bonds. The molecule has 21 heavy (non-hydrogen) atoms. The van der Waals surface area contributed by atoms with E-state index < -0.39 is 0 Å². The highest BCUT2D eigenvalue weighted by atomic mass is 16.5. The number of hydrogen-bond donors (Lipinski definition) is 3. The molecule has 1 saturated carbocycles. The molecule has 0 aliphatic heterocycles. The number of methoxy groups -OCH3 is 1. The third kappa shape index (κ3) is 3.65. The van der Waals surface area contributed by atoms with Crippen LogP contribution in [-0.2, 0) is 6.54 Å². The van der Waals surface area contributed by atoms with Crippen LogP contribution in [0.1, 0.15) is 30.4 Å². The van der Waals surface area contributed by atoms with Gasteiger partial charge in [-0.2, -0.15) is 0 Å². The lowest BCUT2D eigenvalue weighted by Crippen LogP contribution is -2.41. The van der Waals surface area contributed by atoms with Crippen molar-refractivity contribution in [2.75, 3.05) is 20.3 Å². The highest BCUT2D eigenvalue weighted by molar-refractivity contribution is 5.99. The molecular formula is C15H23N3O3. The lowest BCUT2D eigenvalue weighted by atomic mass is 9.91. The molecule has 6 heteroatoms. The Bertz CT molecular complexity index is 501. The lowest BCUT2D eigenvalue weighted by Gasteiger charge is -2.37. The van der Waals surface area contributed by atoms with Crippen molar-refractivity contribution in [1.29, 1.82) is 0 Å². The number of rotatable bonds is 7. The topological polar surface area (TPSA) is 91.3 Å². The first-order chi connectivity index (χ1) is 10.2. The normalized spacial score (nSPS) is 16.0. The van der Waals surface area contributed by atoms with Gasteiger partial charge in [-0.05, 0) is 30.5 Å². The Labute approximate surface area is 124 Å². The average molecular weight is 293 g/mol. The van der Waals surface area contributed by atoms with Gasteiger partial charge in [-0.25, -0.2) is 0 Å². The van der Waals surface area contributed by atoms with Crippen molar-refractivity contribution in [1.82, 2.24) is 4.90 Å². The summed E-state index contributed by atoms with van der Waals surface area (Å²) in [5.74, 6) is 0.616. The van der Waals surface area contributed by atoms with Crippen molar-refractivity contribution in [2.24, 2.45) is 10.9 Å². The van der Waals surface area contributed by atoms with E-state index in [4.69, 9.17) is 15.7 Å². The van der Waals surface area contributed by atoms with Crippen LogP contribution in [0.3, 0.4) is 0 Å². The minimum Gasteiger partial charge on any atom is -0.496 e. The van der Waals surface area contributed by atoms with Crippen LogP contribution in [0.25, 0.3) is 0 Å². The van der Waals surface area contributed by atoms with Gasteiger partial charge in [0.2, 0.25) is 0 Å². The minimum atomic E-state index is 0.0320. The Morgan fingerprint density at radius 1 is 1.48 bits per heavy atom. The summed E-state index contributed by atoms with van der Waals surface area (Å²) in [5.41, 5.74) is 7.28. The molecule has 0 spiro atoms. The maximum atomic E-state index is 9.21. The smallest absolute Gasteiger partial charge is 0.173 e. The third-order valence-electron chi connectivity index (χ3n) is 4.01. The Balaban J connectivity index is 2.15. The minimum absolute atomic E-state index is 0.0320. The molecule has 4 N–H and O–H groups in total. The first-order valence-electron chi connectivity index (χ1n) is 7.19. The van der Waals surface area contributed by atoms with Crippen LogP contribution < -0.4 is 10.5 Å². The molecule has 0 heterocycles. The second-order valence-corrected chi connectivity index (χ2v) is 5.30. The van der Waals surface area contributed by atoms with Crippen LogP contribution in [0.15, 0.2) is 23.4 Å². The van der Waals surface area contributed by atoms with Crippen LogP contribution in [0.4, 0.5) is 0 Å². The fraction of sp³-hybridized carbons (Fsp3) is 0.533. The SMILES string of the molecule is COc1cc(CN(CCO)C2CCC2)ccc1/C(N)=N/O. The predicted octanol–water partition coefficient (Wildman–Crippen LogP) is 1.14. The van der Waals surface area contributed by atoms with E-state index in [0.29, 0.717) is 23.9 Å². The second-order valence-electron chi connectivity index (χ2n) is 5.30. The molecule has 1 aliphatic rings. The van der Waals surface area contributed by atoms with E-state index in [1.807, 2.05) is 12.1 Å². The van der Waals surface area contributed by atoms with Crippen LogP contribution in [-0.4, -0.2) is 47.4 Å². The summed E-state index contributed by atoms with van der Waals surface area (Å²) in [6.45, 7) is 1.60. The summed E-state index contributed by atoms with van der Waals surface area (Å²) in [4.78, 5) is 2.29. The number of nitrogens with two attached hydrogens (primary N) is 1. The van der Waals surface area contributed by atoms with Crippen molar-refractivity contribution >= 4 is 5.84 Å². The van der Waals surface area contributed by atoms with E-state index in [2.05, 4.69) is 10.1 Å². The summed E-state index contributed by atoms with van der Waals surface area (Å²) in [6.07, 6.45) is 3.65. The molecule has 0 atom stereocenters. The number of aliphatic hydroxyl groups excluding tert-OH is 1. The van der Waals surface area contributed by atoms with E-state index in [-0.39, 0.29) is 12.4 Å². The first-order valence-corrected chi connectivity index (χ1v) is 7.19. The van der Waals surface area contributed by atoms with Gasteiger partial charge in [0.25, 0.3) is 0 Å². The summed E-state index contributed by atoms with van der Waals surface area (Å²) < 4.78 is 5.31. The molecule has 6 nitrogen and oxygen atoms in total. The molecule has 1 aromatic carbocycles. The van der Waals surface area contributed by atoms with Crippen molar-refractivity contribution < 1.29 is 15.1 Å². The third-order valence-corrected chi connectivity index (χ3v) is 4.01. The number of nitrogens with zero attached hydrogens (tertiary/aromatic N) is 2. The van der Waals surface area contributed by atoms with E-state index in [1.54, 1.807) is 13.2 Å². The first kappa shape index (κ1) is 15.6. The fourth-order valence-electron chi connectivity index (χ4n) is 2.60. The maximum Gasteiger partial charge on any atom is 0.173 e. The largest absolute Gasteiger partial charge is 0.496 e. The van der Waals surface area contributed by atoms with E-state index in [1.165, 1.54) is 19.3 Å². The van der Waals surface area contributed by atoms with Gasteiger partial charge in [0.1, 0.15) is 5.75 Å². The fourth-order valence-corrected chi connectivity index (χ4v) is 2.60. The van der Waals surface area contributed by atoms with Gasteiger partial charge in [-0.3, -0.25) is 4.90 Å². The Hall–Kier alpha value is -1.79. The highest BCUT2D eigenvalue weighted by Crippen LogP contribution is 2.27. The van der Waals surface area contributed by atoms with Crippen molar-refractivity contribution in [3.63, 3.8) is 0 Å². The van der Waals surface area contributed by atoms with Gasteiger partial charge >= 0.3 is 0 Å². The molecular weight excluding hydrogens is 270 g/mol.